The normalized spacial score (nSPS) is 12.0. The van der Waals surface area contributed by atoms with E-state index in [1.54, 1.807) is 11.3 Å². The van der Waals surface area contributed by atoms with Crippen LogP contribution in [0.4, 0.5) is 10.8 Å². The molecule has 2 aromatic rings. The Hall–Kier alpha value is -1.88. The molecule has 5 heteroatoms. The predicted molar refractivity (Wildman–Crippen MR) is 113 cm³/mol. The van der Waals surface area contributed by atoms with E-state index in [1.165, 1.54) is 0 Å². The highest BCUT2D eigenvalue weighted by Gasteiger charge is 2.16. The van der Waals surface area contributed by atoms with Crippen molar-refractivity contribution < 1.29 is 4.79 Å². The van der Waals surface area contributed by atoms with E-state index in [4.69, 9.17) is 4.98 Å². The van der Waals surface area contributed by atoms with Crippen molar-refractivity contribution in [3.63, 3.8) is 0 Å². The maximum atomic E-state index is 12.5. The number of unbranched alkanes of at least 4 members (excludes halogenated alkanes) is 1. The van der Waals surface area contributed by atoms with E-state index >= 15 is 0 Å². The van der Waals surface area contributed by atoms with Gasteiger partial charge >= 0.3 is 0 Å². The summed E-state index contributed by atoms with van der Waals surface area (Å²) in [5.41, 5.74) is 2.85. The van der Waals surface area contributed by atoms with Crippen LogP contribution in [0.1, 0.15) is 53.4 Å². The number of benzene rings is 1. The lowest BCUT2D eigenvalue weighted by Gasteiger charge is -2.16. The van der Waals surface area contributed by atoms with Gasteiger partial charge in [-0.05, 0) is 38.8 Å². The van der Waals surface area contributed by atoms with Crippen molar-refractivity contribution in [2.24, 2.45) is 5.92 Å². The van der Waals surface area contributed by atoms with E-state index in [1.807, 2.05) is 24.3 Å². The van der Waals surface area contributed by atoms with Crippen LogP contribution < -0.4 is 10.2 Å². The third-order valence-electron chi connectivity index (χ3n) is 4.72. The Morgan fingerprint density at radius 3 is 2.65 bits per heavy atom. The van der Waals surface area contributed by atoms with Gasteiger partial charge in [-0.1, -0.05) is 38.8 Å². The molecule has 0 bridgehead atoms. The summed E-state index contributed by atoms with van der Waals surface area (Å²) in [6.07, 6.45) is 4.06. The smallest absolute Gasteiger partial charge is 0.227 e. The molecule has 26 heavy (non-hydrogen) atoms. The lowest BCUT2D eigenvalue weighted by Crippen LogP contribution is -2.22. The van der Waals surface area contributed by atoms with Crippen molar-refractivity contribution in [2.45, 2.75) is 53.4 Å². The molecule has 0 aliphatic carbocycles. The van der Waals surface area contributed by atoms with Gasteiger partial charge in [0.25, 0.3) is 0 Å². The van der Waals surface area contributed by atoms with Gasteiger partial charge in [-0.3, -0.25) is 4.79 Å². The summed E-state index contributed by atoms with van der Waals surface area (Å²) in [5, 5.41) is 6.22. The first-order chi connectivity index (χ1) is 12.6. The minimum absolute atomic E-state index is 0.0900. The van der Waals surface area contributed by atoms with E-state index in [0.717, 1.165) is 60.8 Å². The minimum Gasteiger partial charge on any atom is -0.349 e. The zero-order chi connectivity index (χ0) is 18.9. The molecule has 1 N–H and O–H groups in total. The van der Waals surface area contributed by atoms with Crippen molar-refractivity contribution in [3.8, 4) is 11.3 Å². The van der Waals surface area contributed by atoms with E-state index in [9.17, 15) is 4.79 Å². The molecular formula is C21H31N3OS. The number of carbonyl (C=O) groups is 1. The Labute approximate surface area is 161 Å². The number of amides is 1. The van der Waals surface area contributed by atoms with E-state index in [-0.39, 0.29) is 11.8 Å². The Morgan fingerprint density at radius 1 is 1.23 bits per heavy atom. The number of hydrogen-bond acceptors (Lipinski definition) is 4. The van der Waals surface area contributed by atoms with Crippen LogP contribution in [-0.4, -0.2) is 24.0 Å². The molecule has 1 heterocycles. The SMILES string of the molecule is CCCC[C@H](CC)C(=O)Nc1cccc(-c2csc(N(CC)CC)n2)c1. The number of carbonyl (C=O) groups excluding carboxylic acids is 1. The molecule has 1 aromatic heterocycles. The summed E-state index contributed by atoms with van der Waals surface area (Å²) >= 11 is 1.67. The van der Waals surface area contributed by atoms with Crippen LogP contribution >= 0.6 is 11.3 Å². The second-order valence-electron chi connectivity index (χ2n) is 6.51. The number of nitrogens with one attached hydrogen (secondary N) is 1. The molecule has 0 spiro atoms. The molecule has 0 radical (unpaired) electrons. The highest BCUT2D eigenvalue weighted by atomic mass is 32.1. The second-order valence-corrected chi connectivity index (χ2v) is 7.34. The summed E-state index contributed by atoms with van der Waals surface area (Å²) in [6.45, 7) is 10.4. The van der Waals surface area contributed by atoms with Gasteiger partial charge in [-0.15, -0.1) is 11.3 Å². The van der Waals surface area contributed by atoms with Gasteiger partial charge in [0.05, 0.1) is 5.69 Å². The fourth-order valence-corrected chi connectivity index (χ4v) is 3.97. The second kappa shape index (κ2) is 10.3. The van der Waals surface area contributed by atoms with Gasteiger partial charge in [0, 0.05) is 35.6 Å². The highest BCUT2D eigenvalue weighted by molar-refractivity contribution is 7.14. The van der Waals surface area contributed by atoms with Crippen LogP contribution in [0, 0.1) is 5.92 Å². The summed E-state index contributed by atoms with van der Waals surface area (Å²) in [5.74, 6) is 0.215. The maximum absolute atomic E-state index is 12.5. The van der Waals surface area contributed by atoms with Crippen LogP contribution in [-0.2, 0) is 4.79 Å². The average Bonchev–Trinajstić information content (AvgIpc) is 3.13. The van der Waals surface area contributed by atoms with E-state index in [2.05, 4.69) is 43.3 Å². The van der Waals surface area contributed by atoms with Gasteiger partial charge in [-0.2, -0.15) is 0 Å². The standard InChI is InChI=1S/C21H31N3OS/c1-5-9-11-16(6-2)20(25)22-18-13-10-12-17(14-18)19-15-26-21(23-19)24(7-3)8-4/h10,12-16H,5-9,11H2,1-4H3,(H,22,25)/t16-/m0/s1. The highest BCUT2D eigenvalue weighted by Crippen LogP contribution is 2.29. The first-order valence-electron chi connectivity index (χ1n) is 9.74. The first-order valence-corrected chi connectivity index (χ1v) is 10.6. The van der Waals surface area contributed by atoms with Gasteiger partial charge in [0.1, 0.15) is 0 Å². The van der Waals surface area contributed by atoms with Crippen molar-refractivity contribution in [3.05, 3.63) is 29.6 Å². The number of nitrogens with zero attached hydrogens (tertiary/aromatic N) is 2. The number of hydrogen-bond donors (Lipinski definition) is 1. The third kappa shape index (κ3) is 5.31. The summed E-state index contributed by atoms with van der Waals surface area (Å²) in [4.78, 5) is 19.6. The zero-order valence-corrected chi connectivity index (χ0v) is 17.2. The number of anilines is 2. The molecule has 1 aromatic carbocycles. The lowest BCUT2D eigenvalue weighted by atomic mass is 9.98. The van der Waals surface area contributed by atoms with E-state index < -0.39 is 0 Å². The lowest BCUT2D eigenvalue weighted by molar-refractivity contribution is -0.120. The number of thiazole rings is 1. The zero-order valence-electron chi connectivity index (χ0n) is 16.4. The molecule has 2 rings (SSSR count). The van der Waals surface area contributed by atoms with Crippen LogP contribution in [0.15, 0.2) is 29.6 Å². The van der Waals surface area contributed by atoms with Gasteiger partial charge < -0.3 is 10.2 Å². The molecule has 0 saturated carbocycles. The van der Waals surface area contributed by atoms with Crippen LogP contribution in [0.5, 0.6) is 0 Å². The molecular weight excluding hydrogens is 342 g/mol. The quantitative estimate of drug-likeness (QED) is 0.571. The van der Waals surface area contributed by atoms with Crippen molar-refractivity contribution in [1.82, 2.24) is 4.98 Å². The molecule has 0 unspecified atom stereocenters. The Bertz CT molecular complexity index is 694. The van der Waals surface area contributed by atoms with Crippen LogP contribution in [0.2, 0.25) is 0 Å². The Morgan fingerprint density at radius 2 is 2.00 bits per heavy atom. The minimum atomic E-state index is 0.0900. The molecule has 0 aliphatic heterocycles. The number of rotatable bonds is 10. The third-order valence-corrected chi connectivity index (χ3v) is 5.62. The topological polar surface area (TPSA) is 45.2 Å². The van der Waals surface area contributed by atoms with Gasteiger partial charge in [-0.25, -0.2) is 4.98 Å². The Kier molecular flexibility index (Phi) is 8.10. The summed E-state index contributed by atoms with van der Waals surface area (Å²) in [6, 6.07) is 8.00. The van der Waals surface area contributed by atoms with Crippen molar-refractivity contribution >= 4 is 28.1 Å². The monoisotopic (exact) mass is 373 g/mol. The van der Waals surface area contributed by atoms with Crippen molar-refractivity contribution in [1.29, 1.82) is 0 Å². The summed E-state index contributed by atoms with van der Waals surface area (Å²) in [7, 11) is 0. The largest absolute Gasteiger partial charge is 0.349 e. The molecule has 4 nitrogen and oxygen atoms in total. The molecule has 0 saturated heterocycles. The molecule has 1 atom stereocenters. The predicted octanol–water partition coefficient (Wildman–Crippen LogP) is 5.81. The molecule has 142 valence electrons. The molecule has 0 aliphatic rings. The van der Waals surface area contributed by atoms with E-state index in [0.29, 0.717) is 0 Å². The summed E-state index contributed by atoms with van der Waals surface area (Å²) < 4.78 is 0. The molecule has 1 amide bonds. The Balaban J connectivity index is 2.11. The first kappa shape index (κ1) is 20.4. The maximum Gasteiger partial charge on any atom is 0.227 e. The fraction of sp³-hybridized carbons (Fsp3) is 0.524. The number of aromatic nitrogens is 1. The van der Waals surface area contributed by atoms with Gasteiger partial charge in [0.15, 0.2) is 5.13 Å². The van der Waals surface area contributed by atoms with Crippen LogP contribution in [0.25, 0.3) is 11.3 Å². The average molecular weight is 374 g/mol. The van der Waals surface area contributed by atoms with Gasteiger partial charge in [0.2, 0.25) is 5.91 Å². The van der Waals surface area contributed by atoms with Crippen LogP contribution in [0.3, 0.4) is 0 Å². The molecule has 0 fully saturated rings. The fourth-order valence-electron chi connectivity index (χ4n) is 3.01. The van der Waals surface area contributed by atoms with Crippen molar-refractivity contribution in [2.75, 3.05) is 23.3 Å².